The van der Waals surface area contributed by atoms with Gasteiger partial charge in [0.05, 0.1) is 34.4 Å². The molecule has 0 aliphatic rings. The van der Waals surface area contributed by atoms with Crippen LogP contribution in [-0.4, -0.2) is 87.4 Å². The molecule has 0 aliphatic heterocycles. The second-order valence-electron chi connectivity index (χ2n) is 29.8. The average molecular weight is 1340 g/mol. The molecule has 1 N–H and O–H groups in total. The molecule has 95 heavy (non-hydrogen) atoms. The second kappa shape index (κ2) is 77.0. The number of rotatable bonds is 79. The van der Waals surface area contributed by atoms with Gasteiger partial charge in [0.1, 0.15) is 13.2 Å². The van der Waals surface area contributed by atoms with Crippen molar-refractivity contribution in [3.8, 4) is 0 Å². The number of hydrogen-bond acceptors (Lipinski definition) is 7. The zero-order valence-electron chi connectivity index (χ0n) is 64.1. The van der Waals surface area contributed by atoms with Crippen LogP contribution in [0.15, 0.2) is 48.6 Å². The van der Waals surface area contributed by atoms with Crippen molar-refractivity contribution in [2.45, 2.75) is 437 Å². The molecule has 9 nitrogen and oxygen atoms in total. The Morgan fingerprint density at radius 3 is 0.853 bits per heavy atom. The molecule has 0 aromatic carbocycles. The summed E-state index contributed by atoms with van der Waals surface area (Å²) >= 11 is 0. The number of carbonyl (C=O) groups excluding carboxylic acids is 2. The molecule has 0 spiro atoms. The Morgan fingerprint density at radius 1 is 0.316 bits per heavy atom. The van der Waals surface area contributed by atoms with E-state index in [-0.39, 0.29) is 38.2 Å². The highest BCUT2D eigenvalue weighted by atomic mass is 16.7. The number of carboxylic acids is 1. The predicted molar refractivity (Wildman–Crippen MR) is 410 cm³/mol. The molecule has 2 unspecified atom stereocenters. The van der Waals surface area contributed by atoms with Gasteiger partial charge < -0.3 is 28.5 Å². The molecule has 0 bridgehead atoms. The first kappa shape index (κ1) is 92.2. The highest BCUT2D eigenvalue weighted by Crippen LogP contribution is 2.20. The van der Waals surface area contributed by atoms with E-state index in [1.54, 1.807) is 0 Å². The van der Waals surface area contributed by atoms with Gasteiger partial charge in [-0.05, 0) is 77.0 Å². The van der Waals surface area contributed by atoms with E-state index in [4.69, 9.17) is 18.9 Å². The molecule has 2 atom stereocenters. The van der Waals surface area contributed by atoms with Gasteiger partial charge in [-0.25, -0.2) is 4.79 Å². The maximum absolute atomic E-state index is 13.0. The largest absolute Gasteiger partial charge is 0.477 e. The number of unbranched alkanes of at least 4 members (excludes halogenated alkanes) is 56. The van der Waals surface area contributed by atoms with E-state index < -0.39 is 18.4 Å². The normalized spacial score (nSPS) is 12.8. The Kier molecular flexibility index (Phi) is 74.8. The van der Waals surface area contributed by atoms with Crippen LogP contribution in [0.25, 0.3) is 0 Å². The third kappa shape index (κ3) is 78.5. The highest BCUT2D eigenvalue weighted by molar-refractivity contribution is 5.71. The van der Waals surface area contributed by atoms with Gasteiger partial charge in [-0.15, -0.1) is 0 Å². The number of likely N-dealkylation sites (N-methyl/N-ethyl adjacent to an activating group) is 1. The number of aliphatic carboxylic acids is 1. The van der Waals surface area contributed by atoms with Gasteiger partial charge in [0.25, 0.3) is 6.29 Å². The second-order valence-corrected chi connectivity index (χ2v) is 29.8. The Hall–Kier alpha value is -2.75. The summed E-state index contributed by atoms with van der Waals surface area (Å²) in [6.07, 6.45) is 98.6. The molecular formula is C86H162NO8+. The first-order chi connectivity index (χ1) is 46.6. The highest BCUT2D eigenvalue weighted by Gasteiger charge is 2.25. The number of hydrogen-bond donors (Lipinski definition) is 1. The molecule has 0 heterocycles. The molecule has 0 rings (SSSR count). The van der Waals surface area contributed by atoms with Crippen LogP contribution in [0.4, 0.5) is 0 Å². The van der Waals surface area contributed by atoms with Crippen LogP contribution >= 0.6 is 0 Å². The summed E-state index contributed by atoms with van der Waals surface area (Å²) in [6.45, 7) is 4.94. The van der Waals surface area contributed by atoms with Gasteiger partial charge >= 0.3 is 17.9 Å². The molecule has 0 saturated heterocycles. The van der Waals surface area contributed by atoms with Crippen LogP contribution in [0, 0.1) is 0 Å². The van der Waals surface area contributed by atoms with E-state index in [2.05, 4.69) is 62.5 Å². The van der Waals surface area contributed by atoms with Crippen LogP contribution < -0.4 is 0 Å². The SMILES string of the molecule is CCCCCCC/C=C\C/C=C\C/C=C\CCCCCCCCCCCCCCCCCCCCC(=O)OC(COC(=O)CCCCCCCCCCCCCCCCCCCCCCCCCCC/C=C\CCCCCCCCCC)COC(OCC[N+](C)(C)C)C(=O)O. The number of ether oxygens (including phenoxy) is 4. The summed E-state index contributed by atoms with van der Waals surface area (Å²) < 4.78 is 23.1. The molecule has 9 heteroatoms. The van der Waals surface area contributed by atoms with Crippen LogP contribution in [0.3, 0.4) is 0 Å². The Balaban J connectivity index is 3.95. The van der Waals surface area contributed by atoms with Crippen molar-refractivity contribution in [3.05, 3.63) is 48.6 Å². The van der Waals surface area contributed by atoms with E-state index in [0.717, 1.165) is 51.4 Å². The van der Waals surface area contributed by atoms with Crippen LogP contribution in [-0.2, 0) is 33.3 Å². The van der Waals surface area contributed by atoms with Crippen molar-refractivity contribution >= 4 is 17.9 Å². The van der Waals surface area contributed by atoms with Gasteiger partial charge in [0.2, 0.25) is 0 Å². The lowest BCUT2D eigenvalue weighted by Crippen LogP contribution is -2.40. The van der Waals surface area contributed by atoms with E-state index >= 15 is 0 Å². The summed E-state index contributed by atoms with van der Waals surface area (Å²) in [5, 5.41) is 9.78. The third-order valence-corrected chi connectivity index (χ3v) is 19.1. The number of carbonyl (C=O) groups is 3. The maximum Gasteiger partial charge on any atom is 0.361 e. The van der Waals surface area contributed by atoms with Gasteiger partial charge in [0.15, 0.2) is 6.10 Å². The first-order valence-electron chi connectivity index (χ1n) is 41.8. The van der Waals surface area contributed by atoms with Crippen molar-refractivity contribution < 1.29 is 42.9 Å². The minimum atomic E-state index is -1.51. The Morgan fingerprint density at radius 2 is 0.568 bits per heavy atom. The minimum absolute atomic E-state index is 0.176. The summed E-state index contributed by atoms with van der Waals surface area (Å²) in [4.78, 5) is 37.8. The number of esters is 2. The smallest absolute Gasteiger partial charge is 0.361 e. The Bertz CT molecular complexity index is 1700. The third-order valence-electron chi connectivity index (χ3n) is 19.1. The van der Waals surface area contributed by atoms with Crippen molar-refractivity contribution in [3.63, 3.8) is 0 Å². The van der Waals surface area contributed by atoms with E-state index in [0.29, 0.717) is 17.4 Å². The van der Waals surface area contributed by atoms with Gasteiger partial charge in [0, 0.05) is 12.8 Å². The molecule has 0 aromatic heterocycles. The molecule has 0 saturated carbocycles. The molecular weight excluding hydrogens is 1170 g/mol. The zero-order valence-corrected chi connectivity index (χ0v) is 64.1. The predicted octanol–water partition coefficient (Wildman–Crippen LogP) is 26.8. The molecule has 0 amide bonds. The number of quaternary nitrogens is 1. The fourth-order valence-electron chi connectivity index (χ4n) is 12.7. The van der Waals surface area contributed by atoms with Crippen molar-refractivity contribution in [2.24, 2.45) is 0 Å². The number of nitrogens with zero attached hydrogens (tertiary/aromatic N) is 1. The fourth-order valence-corrected chi connectivity index (χ4v) is 12.7. The summed E-state index contributed by atoms with van der Waals surface area (Å²) in [5.41, 5.74) is 0. The number of carboxylic acid groups (broad SMARTS) is 1. The quantitative estimate of drug-likeness (QED) is 0.0211. The summed E-state index contributed by atoms with van der Waals surface area (Å²) in [6, 6.07) is 0. The van der Waals surface area contributed by atoms with Gasteiger partial charge in [-0.1, -0.05) is 383 Å². The Labute approximate surface area is 591 Å². The lowest BCUT2D eigenvalue weighted by Gasteiger charge is -2.25. The monoisotopic (exact) mass is 1340 g/mol. The van der Waals surface area contributed by atoms with Crippen molar-refractivity contribution in [2.75, 3.05) is 47.5 Å². The van der Waals surface area contributed by atoms with Crippen LogP contribution in [0.1, 0.15) is 425 Å². The van der Waals surface area contributed by atoms with E-state index in [1.807, 2.05) is 21.1 Å². The zero-order chi connectivity index (χ0) is 69.0. The summed E-state index contributed by atoms with van der Waals surface area (Å²) in [5.74, 6) is -1.97. The molecule has 0 radical (unpaired) electrons. The van der Waals surface area contributed by atoms with Crippen LogP contribution in [0.2, 0.25) is 0 Å². The first-order valence-corrected chi connectivity index (χ1v) is 41.8. The van der Waals surface area contributed by atoms with E-state index in [1.165, 1.54) is 347 Å². The lowest BCUT2D eigenvalue weighted by atomic mass is 10.0. The van der Waals surface area contributed by atoms with Gasteiger partial charge in [-0.3, -0.25) is 9.59 Å². The number of allylic oxidation sites excluding steroid dienone is 8. The minimum Gasteiger partial charge on any atom is -0.477 e. The molecule has 0 aliphatic carbocycles. The van der Waals surface area contributed by atoms with Crippen LogP contribution in [0.5, 0.6) is 0 Å². The van der Waals surface area contributed by atoms with Crippen molar-refractivity contribution in [1.29, 1.82) is 0 Å². The maximum atomic E-state index is 13.0. The molecule has 558 valence electrons. The van der Waals surface area contributed by atoms with E-state index in [9.17, 15) is 19.5 Å². The molecule has 0 fully saturated rings. The fraction of sp³-hybridized carbons (Fsp3) is 0.872. The van der Waals surface area contributed by atoms with Crippen molar-refractivity contribution in [1.82, 2.24) is 0 Å². The van der Waals surface area contributed by atoms with Gasteiger partial charge in [-0.2, -0.15) is 0 Å². The summed E-state index contributed by atoms with van der Waals surface area (Å²) in [7, 11) is 6.00. The lowest BCUT2D eigenvalue weighted by molar-refractivity contribution is -0.870. The standard InChI is InChI=1S/C86H161NO8/c1-6-8-10-12-14-16-18-20-22-24-26-28-30-32-34-36-38-40-41-42-43-45-46-48-50-52-54-56-58-60-62-64-66-68-70-72-74-76-83(88)93-80-82(81-94-86(85(90)91)92-79-78-87(3,4)5)95-84(89)77-75-73-71-69-67-65-63-61-59-57-55-53-51-49-47-44-39-37-35-33-31-29-27-25-23-21-19-17-15-13-11-9-7-2/h19,21,24-27,31,33,82,86H,6-18,20,22-23,28-30,32,34-81H2,1-5H3/p+1/b21-19-,26-24-,27-25-,33-31-. The average Bonchev–Trinajstić information content (AvgIpc) is 3.75. The molecule has 0 aromatic rings. The topological polar surface area (TPSA) is 108 Å².